The van der Waals surface area contributed by atoms with Crippen LogP contribution in [-0.2, 0) is 9.59 Å². The molecule has 1 rings (SSSR count). The number of carboxylic acids is 1. The van der Waals surface area contributed by atoms with Crippen molar-refractivity contribution in [1.82, 2.24) is 4.98 Å². The van der Waals surface area contributed by atoms with Crippen LogP contribution in [0.3, 0.4) is 0 Å². The van der Waals surface area contributed by atoms with Crippen molar-refractivity contribution in [3.63, 3.8) is 0 Å². The zero-order chi connectivity index (χ0) is 10.6. The van der Waals surface area contributed by atoms with Gasteiger partial charge < -0.3 is 10.4 Å². The first-order valence-electron chi connectivity index (χ1n) is 3.59. The Bertz CT molecular complexity index is 389. The number of carboxylic acid groups (broad SMARTS) is 1. The molecule has 0 aliphatic heterocycles. The van der Waals surface area contributed by atoms with E-state index in [1.54, 1.807) is 0 Å². The number of nitrogens with zero attached hydrogens (tertiary/aromatic N) is 1. The van der Waals surface area contributed by atoms with Crippen LogP contribution < -0.4 is 5.32 Å². The molecule has 0 saturated carbocycles. The van der Waals surface area contributed by atoms with Crippen LogP contribution in [0, 0.1) is 0 Å². The molecule has 0 fully saturated rings. The molecule has 1 aromatic heterocycles. The summed E-state index contributed by atoms with van der Waals surface area (Å²) in [5.41, 5.74) is -0.0307. The summed E-state index contributed by atoms with van der Waals surface area (Å²) in [4.78, 5) is 35.0. The lowest BCUT2D eigenvalue weighted by atomic mass is 10.2. The second kappa shape index (κ2) is 4.13. The van der Waals surface area contributed by atoms with Gasteiger partial charge in [-0.3, -0.25) is 9.59 Å². The average Bonchev–Trinajstić information content (AvgIpc) is 2.17. The highest BCUT2D eigenvalue weighted by molar-refractivity contribution is 6.39. The van der Waals surface area contributed by atoms with E-state index in [-0.39, 0.29) is 11.4 Å². The van der Waals surface area contributed by atoms with Crippen LogP contribution in [0.5, 0.6) is 0 Å². The Kier molecular flexibility index (Phi) is 2.90. The number of anilines is 1. The Morgan fingerprint density at radius 1 is 1.50 bits per heavy atom. The SMILES string of the molecule is O=CNc1cc(C(=O)C(=O)O)ccn1. The molecule has 0 bridgehead atoms. The summed E-state index contributed by atoms with van der Waals surface area (Å²) in [7, 11) is 0. The molecule has 0 aliphatic carbocycles. The van der Waals surface area contributed by atoms with Gasteiger partial charge in [-0.2, -0.15) is 0 Å². The summed E-state index contributed by atoms with van der Waals surface area (Å²) >= 11 is 0. The summed E-state index contributed by atoms with van der Waals surface area (Å²) in [6.45, 7) is 0. The molecule has 0 aromatic carbocycles. The first-order chi connectivity index (χ1) is 6.65. The van der Waals surface area contributed by atoms with Gasteiger partial charge in [-0.05, 0) is 12.1 Å². The quantitative estimate of drug-likeness (QED) is 0.397. The highest BCUT2D eigenvalue weighted by atomic mass is 16.4. The highest BCUT2D eigenvalue weighted by Gasteiger charge is 2.14. The number of pyridine rings is 1. The van der Waals surface area contributed by atoms with Gasteiger partial charge in [0, 0.05) is 11.8 Å². The van der Waals surface area contributed by atoms with Crippen molar-refractivity contribution in [2.45, 2.75) is 0 Å². The van der Waals surface area contributed by atoms with Crippen molar-refractivity contribution < 1.29 is 19.5 Å². The van der Waals surface area contributed by atoms with Gasteiger partial charge in [0.1, 0.15) is 5.82 Å². The zero-order valence-electron chi connectivity index (χ0n) is 6.93. The Morgan fingerprint density at radius 3 is 2.79 bits per heavy atom. The average molecular weight is 194 g/mol. The van der Waals surface area contributed by atoms with Crippen molar-refractivity contribution in [3.05, 3.63) is 23.9 Å². The number of aliphatic carboxylic acids is 1. The molecule has 14 heavy (non-hydrogen) atoms. The molecule has 0 aliphatic rings. The van der Waals surface area contributed by atoms with Crippen molar-refractivity contribution in [3.8, 4) is 0 Å². The number of hydrogen-bond donors (Lipinski definition) is 2. The number of rotatable bonds is 4. The second-order valence-electron chi connectivity index (χ2n) is 2.33. The lowest BCUT2D eigenvalue weighted by molar-refractivity contribution is -0.131. The van der Waals surface area contributed by atoms with Gasteiger partial charge in [0.25, 0.3) is 5.78 Å². The third kappa shape index (κ3) is 2.13. The van der Waals surface area contributed by atoms with E-state index in [4.69, 9.17) is 5.11 Å². The van der Waals surface area contributed by atoms with E-state index < -0.39 is 11.8 Å². The molecule has 6 heteroatoms. The minimum atomic E-state index is -1.55. The van der Waals surface area contributed by atoms with E-state index in [1.807, 2.05) is 0 Å². The van der Waals surface area contributed by atoms with E-state index in [1.165, 1.54) is 18.3 Å². The van der Waals surface area contributed by atoms with Gasteiger partial charge in [-0.15, -0.1) is 0 Å². The fraction of sp³-hybridized carbons (Fsp3) is 0. The number of aromatic nitrogens is 1. The molecule has 6 nitrogen and oxygen atoms in total. The Labute approximate surface area is 78.6 Å². The van der Waals surface area contributed by atoms with Crippen LogP contribution in [0.15, 0.2) is 18.3 Å². The highest BCUT2D eigenvalue weighted by Crippen LogP contribution is 2.06. The molecular weight excluding hydrogens is 188 g/mol. The maximum absolute atomic E-state index is 11.0. The minimum Gasteiger partial charge on any atom is -0.475 e. The summed E-state index contributed by atoms with van der Waals surface area (Å²) in [5, 5.41) is 10.6. The molecule has 0 unspecified atom stereocenters. The number of carbonyl (C=O) groups is 3. The lowest BCUT2D eigenvalue weighted by Crippen LogP contribution is -2.13. The third-order valence-corrected chi connectivity index (χ3v) is 1.42. The van der Waals surface area contributed by atoms with Crippen LogP contribution >= 0.6 is 0 Å². The number of carbonyl (C=O) groups excluding carboxylic acids is 2. The Balaban J connectivity index is 2.99. The largest absolute Gasteiger partial charge is 0.475 e. The second-order valence-corrected chi connectivity index (χ2v) is 2.33. The van der Waals surface area contributed by atoms with Gasteiger partial charge in [0.15, 0.2) is 0 Å². The number of Topliss-reactive ketones (excluding diaryl/α,β-unsaturated/α-hetero) is 1. The molecule has 1 aromatic rings. The molecule has 0 radical (unpaired) electrons. The predicted molar refractivity (Wildman–Crippen MR) is 45.9 cm³/mol. The summed E-state index contributed by atoms with van der Waals surface area (Å²) in [5.74, 6) is -2.46. The van der Waals surface area contributed by atoms with Crippen LogP contribution in [0.4, 0.5) is 5.82 Å². The maximum Gasteiger partial charge on any atom is 0.377 e. The van der Waals surface area contributed by atoms with Crippen LogP contribution in [0.1, 0.15) is 10.4 Å². The van der Waals surface area contributed by atoms with Gasteiger partial charge >= 0.3 is 5.97 Å². The van der Waals surface area contributed by atoms with Gasteiger partial charge in [-0.1, -0.05) is 0 Å². The Morgan fingerprint density at radius 2 is 2.21 bits per heavy atom. The standard InChI is InChI=1S/C8H6N2O4/c11-4-10-6-3-5(1-2-9-6)7(12)8(13)14/h1-4H,(H,13,14)(H,9,10,11). The first-order valence-corrected chi connectivity index (χ1v) is 3.59. The monoisotopic (exact) mass is 194 g/mol. The number of hydrogen-bond acceptors (Lipinski definition) is 4. The zero-order valence-corrected chi connectivity index (χ0v) is 6.93. The van der Waals surface area contributed by atoms with Crippen molar-refractivity contribution >= 4 is 24.0 Å². The lowest BCUT2D eigenvalue weighted by Gasteiger charge is -1.99. The Hall–Kier alpha value is -2.24. The third-order valence-electron chi connectivity index (χ3n) is 1.42. The van der Waals surface area contributed by atoms with Crippen LogP contribution in [0.2, 0.25) is 0 Å². The molecule has 0 atom stereocenters. The van der Waals surface area contributed by atoms with Crippen LogP contribution in [-0.4, -0.2) is 28.3 Å². The summed E-state index contributed by atoms with van der Waals surface area (Å²) in [6, 6.07) is 2.44. The van der Waals surface area contributed by atoms with E-state index in [9.17, 15) is 14.4 Å². The molecular formula is C8H6N2O4. The van der Waals surface area contributed by atoms with E-state index in [2.05, 4.69) is 10.3 Å². The van der Waals surface area contributed by atoms with Crippen molar-refractivity contribution in [1.29, 1.82) is 0 Å². The smallest absolute Gasteiger partial charge is 0.377 e. The molecule has 1 amide bonds. The van der Waals surface area contributed by atoms with Crippen molar-refractivity contribution in [2.75, 3.05) is 5.32 Å². The fourth-order valence-corrected chi connectivity index (χ4v) is 0.835. The first kappa shape index (κ1) is 9.85. The summed E-state index contributed by atoms with van der Waals surface area (Å²) in [6.07, 6.45) is 1.62. The topological polar surface area (TPSA) is 96.4 Å². The minimum absolute atomic E-state index is 0.0307. The summed E-state index contributed by atoms with van der Waals surface area (Å²) < 4.78 is 0. The van der Waals surface area contributed by atoms with Crippen LogP contribution in [0.25, 0.3) is 0 Å². The molecule has 2 N–H and O–H groups in total. The van der Waals surface area contributed by atoms with E-state index in [0.717, 1.165) is 0 Å². The number of amides is 1. The molecule has 0 spiro atoms. The van der Waals surface area contributed by atoms with Gasteiger partial charge in [0.2, 0.25) is 6.41 Å². The normalized spacial score (nSPS) is 9.14. The van der Waals surface area contributed by atoms with E-state index in [0.29, 0.717) is 6.41 Å². The molecule has 0 saturated heterocycles. The van der Waals surface area contributed by atoms with Gasteiger partial charge in [-0.25, -0.2) is 9.78 Å². The number of nitrogens with one attached hydrogen (secondary N) is 1. The van der Waals surface area contributed by atoms with Crippen molar-refractivity contribution in [2.24, 2.45) is 0 Å². The molecule has 1 heterocycles. The molecule has 72 valence electrons. The number of ketones is 1. The van der Waals surface area contributed by atoms with E-state index >= 15 is 0 Å². The fourth-order valence-electron chi connectivity index (χ4n) is 0.835. The van der Waals surface area contributed by atoms with Gasteiger partial charge in [0.05, 0.1) is 0 Å². The predicted octanol–water partition coefficient (Wildman–Crippen LogP) is -0.0828. The maximum atomic E-state index is 11.0.